The molecule has 140 valence electrons. The van der Waals surface area contributed by atoms with Gasteiger partial charge in [-0.2, -0.15) is 5.10 Å². The summed E-state index contributed by atoms with van der Waals surface area (Å²) in [7, 11) is 5.62. The molecule has 0 spiro atoms. The van der Waals surface area contributed by atoms with Gasteiger partial charge in [-0.25, -0.2) is 9.67 Å². The Labute approximate surface area is 158 Å². The molecule has 2 aromatic carbocycles. The summed E-state index contributed by atoms with van der Waals surface area (Å²) >= 11 is 0. The molecule has 3 aromatic rings. The van der Waals surface area contributed by atoms with E-state index in [9.17, 15) is 4.79 Å². The van der Waals surface area contributed by atoms with Crippen LogP contribution in [0.5, 0.6) is 5.75 Å². The number of rotatable bonds is 7. The number of amides is 1. The Bertz CT molecular complexity index is 876. The van der Waals surface area contributed by atoms with Crippen LogP contribution in [0.3, 0.4) is 0 Å². The van der Waals surface area contributed by atoms with Gasteiger partial charge in [-0.15, -0.1) is 0 Å². The maximum absolute atomic E-state index is 12.6. The lowest BCUT2D eigenvalue weighted by Gasteiger charge is -2.26. The van der Waals surface area contributed by atoms with Crippen LogP contribution in [0.2, 0.25) is 0 Å². The van der Waals surface area contributed by atoms with Crippen molar-refractivity contribution in [3.05, 3.63) is 72.3 Å². The van der Waals surface area contributed by atoms with E-state index in [1.165, 1.54) is 6.33 Å². The Morgan fingerprint density at radius 3 is 2.56 bits per heavy atom. The topological polar surface area (TPSA) is 72.3 Å². The highest BCUT2D eigenvalue weighted by atomic mass is 16.5. The molecule has 7 heteroatoms. The first kappa shape index (κ1) is 18.6. The Hall–Kier alpha value is -3.19. The predicted octanol–water partition coefficient (Wildman–Crippen LogP) is 2.31. The van der Waals surface area contributed by atoms with Crippen molar-refractivity contribution in [2.75, 3.05) is 27.7 Å². The van der Waals surface area contributed by atoms with Crippen molar-refractivity contribution in [3.8, 4) is 11.4 Å². The minimum atomic E-state index is -0.123. The van der Waals surface area contributed by atoms with Gasteiger partial charge in [-0.05, 0) is 44.4 Å². The number of para-hydroxylation sites is 1. The van der Waals surface area contributed by atoms with E-state index in [4.69, 9.17) is 4.74 Å². The monoisotopic (exact) mass is 365 g/mol. The quantitative estimate of drug-likeness (QED) is 0.696. The van der Waals surface area contributed by atoms with Crippen LogP contribution in [0.4, 0.5) is 0 Å². The molecule has 7 nitrogen and oxygen atoms in total. The normalized spacial score (nSPS) is 12.0. The summed E-state index contributed by atoms with van der Waals surface area (Å²) in [6.45, 7) is 0.469. The molecule has 1 N–H and O–H groups in total. The molecule has 0 bridgehead atoms. The number of nitrogens with zero attached hydrogens (tertiary/aromatic N) is 4. The fourth-order valence-corrected chi connectivity index (χ4v) is 2.91. The summed E-state index contributed by atoms with van der Waals surface area (Å²) < 4.78 is 7.11. The Kier molecular flexibility index (Phi) is 5.83. The Morgan fingerprint density at radius 1 is 1.19 bits per heavy atom. The number of hydrogen-bond donors (Lipinski definition) is 1. The van der Waals surface area contributed by atoms with Gasteiger partial charge in [-0.1, -0.05) is 18.2 Å². The molecule has 1 heterocycles. The molecule has 1 aromatic heterocycles. The maximum Gasteiger partial charge on any atom is 0.251 e. The Balaban J connectivity index is 1.69. The Morgan fingerprint density at radius 2 is 1.93 bits per heavy atom. The van der Waals surface area contributed by atoms with Gasteiger partial charge in [0, 0.05) is 17.7 Å². The second-order valence-electron chi connectivity index (χ2n) is 6.32. The second-order valence-corrected chi connectivity index (χ2v) is 6.32. The molecule has 3 rings (SSSR count). The second kappa shape index (κ2) is 8.46. The van der Waals surface area contributed by atoms with E-state index in [2.05, 4.69) is 20.3 Å². The van der Waals surface area contributed by atoms with Gasteiger partial charge in [0.2, 0.25) is 0 Å². The number of hydrogen-bond acceptors (Lipinski definition) is 5. The molecule has 0 saturated carbocycles. The number of benzene rings is 2. The van der Waals surface area contributed by atoms with Gasteiger partial charge in [0.1, 0.15) is 18.4 Å². The molecule has 0 aliphatic heterocycles. The number of carbonyl (C=O) groups excluding carboxylic acids is 1. The standard InChI is InChI=1S/C20H23N5O2/c1-24(2)18(17-6-4-5-7-19(17)27-3)12-22-20(26)15-8-10-16(11-9-15)25-14-21-13-23-25/h4-11,13-14,18H,12H2,1-3H3,(H,22,26). The summed E-state index contributed by atoms with van der Waals surface area (Å²) in [6, 6.07) is 15.1. The van der Waals surface area contributed by atoms with Gasteiger partial charge in [0.15, 0.2) is 0 Å². The number of aromatic nitrogens is 3. The molecular weight excluding hydrogens is 342 g/mol. The zero-order valence-electron chi connectivity index (χ0n) is 15.7. The molecule has 0 fully saturated rings. The molecule has 1 unspecified atom stereocenters. The van der Waals surface area contributed by atoms with Crippen molar-refractivity contribution < 1.29 is 9.53 Å². The highest BCUT2D eigenvalue weighted by Gasteiger charge is 2.19. The zero-order valence-corrected chi connectivity index (χ0v) is 15.7. The van der Waals surface area contributed by atoms with Crippen LogP contribution in [-0.4, -0.2) is 53.3 Å². The number of likely N-dealkylation sites (N-methyl/N-ethyl adjacent to an activating group) is 1. The molecule has 27 heavy (non-hydrogen) atoms. The van der Waals surface area contributed by atoms with Crippen LogP contribution in [0.15, 0.2) is 61.2 Å². The third-order valence-corrected chi connectivity index (χ3v) is 4.39. The lowest BCUT2D eigenvalue weighted by molar-refractivity contribution is 0.0941. The summed E-state index contributed by atoms with van der Waals surface area (Å²) in [6.07, 6.45) is 3.09. The molecule has 1 atom stereocenters. The van der Waals surface area contributed by atoms with Gasteiger partial charge in [0.05, 0.1) is 18.8 Å². The predicted molar refractivity (Wildman–Crippen MR) is 103 cm³/mol. The van der Waals surface area contributed by atoms with Crippen LogP contribution in [0, 0.1) is 0 Å². The number of ether oxygens (including phenoxy) is 1. The van der Waals surface area contributed by atoms with Gasteiger partial charge in [-0.3, -0.25) is 4.79 Å². The lowest BCUT2D eigenvalue weighted by Crippen LogP contribution is -2.34. The minimum Gasteiger partial charge on any atom is -0.496 e. The molecule has 0 aliphatic rings. The summed E-state index contributed by atoms with van der Waals surface area (Å²) in [4.78, 5) is 18.5. The highest BCUT2D eigenvalue weighted by molar-refractivity contribution is 5.94. The summed E-state index contributed by atoms with van der Waals surface area (Å²) in [5, 5.41) is 7.09. The minimum absolute atomic E-state index is 0.000443. The molecule has 0 saturated heterocycles. The number of methoxy groups -OCH3 is 1. The summed E-state index contributed by atoms with van der Waals surface area (Å²) in [5.74, 6) is 0.685. The van der Waals surface area contributed by atoms with E-state index >= 15 is 0 Å². The van der Waals surface area contributed by atoms with E-state index in [1.807, 2.05) is 50.5 Å². The van der Waals surface area contributed by atoms with E-state index in [1.54, 1.807) is 30.3 Å². The first-order valence-electron chi connectivity index (χ1n) is 8.62. The summed E-state index contributed by atoms with van der Waals surface area (Å²) in [5.41, 5.74) is 2.48. The average molecular weight is 365 g/mol. The van der Waals surface area contributed by atoms with Gasteiger partial charge < -0.3 is 15.0 Å². The fraction of sp³-hybridized carbons (Fsp3) is 0.250. The van der Waals surface area contributed by atoms with Crippen LogP contribution in [0.1, 0.15) is 22.0 Å². The van der Waals surface area contributed by atoms with Crippen molar-refractivity contribution in [1.82, 2.24) is 25.0 Å². The van der Waals surface area contributed by atoms with E-state index < -0.39 is 0 Å². The van der Waals surface area contributed by atoms with E-state index in [0.717, 1.165) is 17.0 Å². The SMILES string of the molecule is COc1ccccc1C(CNC(=O)c1ccc(-n2cncn2)cc1)N(C)C. The molecule has 0 aliphatic carbocycles. The highest BCUT2D eigenvalue weighted by Crippen LogP contribution is 2.27. The molecule has 0 radical (unpaired) electrons. The van der Waals surface area contributed by atoms with Crippen molar-refractivity contribution in [3.63, 3.8) is 0 Å². The van der Waals surface area contributed by atoms with Crippen molar-refractivity contribution >= 4 is 5.91 Å². The lowest BCUT2D eigenvalue weighted by atomic mass is 10.0. The maximum atomic E-state index is 12.6. The molecular formula is C20H23N5O2. The molecule has 1 amide bonds. The number of carbonyl (C=O) groups is 1. The van der Waals surface area contributed by atoms with Crippen molar-refractivity contribution in [1.29, 1.82) is 0 Å². The number of nitrogens with one attached hydrogen (secondary N) is 1. The van der Waals surface area contributed by atoms with Crippen molar-refractivity contribution in [2.24, 2.45) is 0 Å². The average Bonchev–Trinajstić information content (AvgIpc) is 3.23. The van der Waals surface area contributed by atoms with Gasteiger partial charge >= 0.3 is 0 Å². The van der Waals surface area contributed by atoms with E-state index in [-0.39, 0.29) is 11.9 Å². The smallest absolute Gasteiger partial charge is 0.251 e. The zero-order chi connectivity index (χ0) is 19.2. The van der Waals surface area contributed by atoms with Crippen LogP contribution < -0.4 is 10.1 Å². The van der Waals surface area contributed by atoms with Gasteiger partial charge in [0.25, 0.3) is 5.91 Å². The van der Waals surface area contributed by atoms with Crippen molar-refractivity contribution in [2.45, 2.75) is 6.04 Å². The van der Waals surface area contributed by atoms with Crippen LogP contribution in [0.25, 0.3) is 5.69 Å². The first-order valence-corrected chi connectivity index (χ1v) is 8.62. The van der Waals surface area contributed by atoms with E-state index in [0.29, 0.717) is 12.1 Å². The van der Waals surface area contributed by atoms with Crippen LogP contribution >= 0.6 is 0 Å². The first-order chi connectivity index (χ1) is 13.1. The fourth-order valence-electron chi connectivity index (χ4n) is 2.91. The largest absolute Gasteiger partial charge is 0.496 e. The third-order valence-electron chi connectivity index (χ3n) is 4.39. The van der Waals surface area contributed by atoms with Crippen LogP contribution in [-0.2, 0) is 0 Å². The third kappa shape index (κ3) is 4.32.